The van der Waals surface area contributed by atoms with Gasteiger partial charge in [-0.2, -0.15) is 0 Å². The number of esters is 2. The SMILES string of the molecule is C=C(CC(CC(=C)c1ccccc1)(C(=O)OC(C)(C)C)C(=O)OC(C)(C)C)c1ccccc1. The molecular formula is C29H36O4. The van der Waals surface area contributed by atoms with Gasteiger partial charge in [-0.05, 0) is 76.7 Å². The summed E-state index contributed by atoms with van der Waals surface area (Å²) in [5.41, 5.74) is -0.223. The van der Waals surface area contributed by atoms with Crippen LogP contribution in [0.15, 0.2) is 73.8 Å². The van der Waals surface area contributed by atoms with E-state index in [4.69, 9.17) is 9.47 Å². The van der Waals surface area contributed by atoms with Crippen LogP contribution in [-0.2, 0) is 19.1 Å². The zero-order chi connectivity index (χ0) is 24.9. The molecule has 176 valence electrons. The fourth-order valence-electron chi connectivity index (χ4n) is 3.47. The Bertz CT molecular complexity index is 906. The van der Waals surface area contributed by atoms with Crippen LogP contribution < -0.4 is 0 Å². The van der Waals surface area contributed by atoms with Crippen LogP contribution in [0, 0.1) is 5.41 Å². The standard InChI is InChI=1S/C29H36O4/c1-21(23-15-11-9-12-16-23)19-29(25(30)32-27(3,4)5,26(31)33-28(6,7)8)20-22(2)24-17-13-10-14-18-24/h9-18H,1-2,19-20H2,3-8H3. The van der Waals surface area contributed by atoms with Crippen molar-refractivity contribution in [2.75, 3.05) is 0 Å². The van der Waals surface area contributed by atoms with Crippen LogP contribution in [0.5, 0.6) is 0 Å². The van der Waals surface area contributed by atoms with Gasteiger partial charge in [0, 0.05) is 0 Å². The number of rotatable bonds is 8. The van der Waals surface area contributed by atoms with Gasteiger partial charge in [-0.25, -0.2) is 0 Å². The van der Waals surface area contributed by atoms with Gasteiger partial charge >= 0.3 is 11.9 Å². The van der Waals surface area contributed by atoms with Crippen LogP contribution in [0.25, 0.3) is 11.1 Å². The molecule has 0 aliphatic carbocycles. The molecule has 0 aliphatic heterocycles. The van der Waals surface area contributed by atoms with Gasteiger partial charge in [0.15, 0.2) is 5.41 Å². The van der Waals surface area contributed by atoms with Gasteiger partial charge in [-0.15, -0.1) is 0 Å². The lowest BCUT2D eigenvalue weighted by Crippen LogP contribution is -2.47. The minimum atomic E-state index is -1.64. The molecule has 0 amide bonds. The number of carbonyl (C=O) groups is 2. The second kappa shape index (κ2) is 10.2. The first-order chi connectivity index (χ1) is 15.2. The predicted molar refractivity (Wildman–Crippen MR) is 134 cm³/mol. The maximum absolute atomic E-state index is 13.7. The van der Waals surface area contributed by atoms with E-state index < -0.39 is 28.6 Å². The summed E-state index contributed by atoms with van der Waals surface area (Å²) < 4.78 is 11.6. The molecule has 33 heavy (non-hydrogen) atoms. The molecule has 0 spiro atoms. The maximum Gasteiger partial charge on any atom is 0.324 e. The van der Waals surface area contributed by atoms with E-state index in [9.17, 15) is 9.59 Å². The number of carbonyl (C=O) groups excluding carboxylic acids is 2. The highest BCUT2D eigenvalue weighted by Crippen LogP contribution is 2.42. The summed E-state index contributed by atoms with van der Waals surface area (Å²) in [5.74, 6) is -1.28. The second-order valence-electron chi connectivity index (χ2n) is 10.4. The molecule has 0 saturated carbocycles. The van der Waals surface area contributed by atoms with Crippen LogP contribution in [0.2, 0.25) is 0 Å². The lowest BCUT2D eigenvalue weighted by atomic mass is 9.74. The van der Waals surface area contributed by atoms with E-state index >= 15 is 0 Å². The fourth-order valence-corrected chi connectivity index (χ4v) is 3.47. The Morgan fingerprint density at radius 3 is 1.21 bits per heavy atom. The van der Waals surface area contributed by atoms with Gasteiger partial charge in [-0.3, -0.25) is 9.59 Å². The molecule has 4 nitrogen and oxygen atoms in total. The molecule has 0 unspecified atom stereocenters. The monoisotopic (exact) mass is 448 g/mol. The summed E-state index contributed by atoms with van der Waals surface area (Å²) in [6, 6.07) is 19.0. The Balaban J connectivity index is 2.60. The zero-order valence-corrected chi connectivity index (χ0v) is 20.7. The van der Waals surface area contributed by atoms with E-state index in [1.807, 2.05) is 60.7 Å². The Morgan fingerprint density at radius 1 is 0.636 bits per heavy atom. The highest BCUT2D eigenvalue weighted by molar-refractivity contribution is 6.03. The molecule has 0 bridgehead atoms. The number of hydrogen-bond acceptors (Lipinski definition) is 4. The van der Waals surface area contributed by atoms with Crippen molar-refractivity contribution in [1.29, 1.82) is 0 Å². The number of benzene rings is 2. The first kappa shape index (κ1) is 26.1. The van der Waals surface area contributed by atoms with Crippen molar-refractivity contribution < 1.29 is 19.1 Å². The van der Waals surface area contributed by atoms with Crippen LogP contribution >= 0.6 is 0 Å². The number of allylic oxidation sites excluding steroid dienone is 2. The van der Waals surface area contributed by atoms with Crippen molar-refractivity contribution in [1.82, 2.24) is 0 Å². The van der Waals surface area contributed by atoms with Crippen LogP contribution in [-0.4, -0.2) is 23.1 Å². The minimum Gasteiger partial charge on any atom is -0.459 e. The van der Waals surface area contributed by atoms with E-state index in [2.05, 4.69) is 13.2 Å². The quantitative estimate of drug-likeness (QED) is 0.327. The molecule has 0 aliphatic rings. The smallest absolute Gasteiger partial charge is 0.324 e. The molecule has 2 aromatic rings. The molecule has 0 saturated heterocycles. The van der Waals surface area contributed by atoms with E-state index in [0.717, 1.165) is 11.1 Å². The average molecular weight is 449 g/mol. The summed E-state index contributed by atoms with van der Waals surface area (Å²) in [6.45, 7) is 19.1. The molecule has 4 heteroatoms. The highest BCUT2D eigenvalue weighted by Gasteiger charge is 2.51. The first-order valence-corrected chi connectivity index (χ1v) is 11.2. The summed E-state index contributed by atoms with van der Waals surface area (Å²) in [7, 11) is 0. The highest BCUT2D eigenvalue weighted by atomic mass is 16.6. The molecule has 0 heterocycles. The van der Waals surface area contributed by atoms with E-state index in [1.54, 1.807) is 41.5 Å². The van der Waals surface area contributed by atoms with Gasteiger partial charge in [0.1, 0.15) is 11.2 Å². The Labute approximate surface area is 198 Å². The Morgan fingerprint density at radius 2 is 0.939 bits per heavy atom. The van der Waals surface area contributed by atoms with Crippen molar-refractivity contribution in [2.45, 2.75) is 65.6 Å². The average Bonchev–Trinajstić information content (AvgIpc) is 2.71. The second-order valence-corrected chi connectivity index (χ2v) is 10.4. The van der Waals surface area contributed by atoms with Crippen molar-refractivity contribution in [3.8, 4) is 0 Å². The normalized spacial score (nSPS) is 12.1. The van der Waals surface area contributed by atoms with E-state index in [-0.39, 0.29) is 12.8 Å². The number of hydrogen-bond donors (Lipinski definition) is 0. The molecular weight excluding hydrogens is 412 g/mol. The molecule has 0 radical (unpaired) electrons. The largest absolute Gasteiger partial charge is 0.459 e. The van der Waals surface area contributed by atoms with Crippen LogP contribution in [0.1, 0.15) is 65.5 Å². The summed E-state index contributed by atoms with van der Waals surface area (Å²) in [4.78, 5) is 27.5. The van der Waals surface area contributed by atoms with Gasteiger partial charge < -0.3 is 9.47 Å². The third kappa shape index (κ3) is 7.45. The Hall–Kier alpha value is -3.14. The number of ether oxygens (including phenoxy) is 2. The third-order valence-electron chi connectivity index (χ3n) is 4.97. The molecule has 0 atom stereocenters. The summed E-state index contributed by atoms with van der Waals surface area (Å²) in [5, 5.41) is 0. The van der Waals surface area contributed by atoms with Crippen molar-refractivity contribution >= 4 is 23.1 Å². The lowest BCUT2D eigenvalue weighted by molar-refractivity contribution is -0.184. The lowest BCUT2D eigenvalue weighted by Gasteiger charge is -2.36. The van der Waals surface area contributed by atoms with Crippen LogP contribution in [0.3, 0.4) is 0 Å². The van der Waals surface area contributed by atoms with Crippen LogP contribution in [0.4, 0.5) is 0 Å². The topological polar surface area (TPSA) is 52.6 Å². The molecule has 0 fully saturated rings. The summed E-state index contributed by atoms with van der Waals surface area (Å²) >= 11 is 0. The summed E-state index contributed by atoms with van der Waals surface area (Å²) in [6.07, 6.45) is 0.0966. The van der Waals surface area contributed by atoms with Crippen molar-refractivity contribution in [3.05, 3.63) is 84.9 Å². The first-order valence-electron chi connectivity index (χ1n) is 11.2. The van der Waals surface area contributed by atoms with Gasteiger partial charge in [0.25, 0.3) is 0 Å². The zero-order valence-electron chi connectivity index (χ0n) is 20.7. The molecule has 2 rings (SSSR count). The molecule has 0 aromatic heterocycles. The minimum absolute atomic E-state index is 0.0483. The molecule has 2 aromatic carbocycles. The van der Waals surface area contributed by atoms with Gasteiger partial charge in [-0.1, -0.05) is 73.8 Å². The van der Waals surface area contributed by atoms with Gasteiger partial charge in [0.05, 0.1) is 0 Å². The Kier molecular flexibility index (Phi) is 8.07. The fraction of sp³-hybridized carbons (Fsp3) is 0.379. The van der Waals surface area contributed by atoms with Crippen molar-refractivity contribution in [2.24, 2.45) is 5.41 Å². The maximum atomic E-state index is 13.7. The van der Waals surface area contributed by atoms with E-state index in [1.165, 1.54) is 0 Å². The predicted octanol–water partition coefficient (Wildman–Crippen LogP) is 6.86. The third-order valence-corrected chi connectivity index (χ3v) is 4.97. The van der Waals surface area contributed by atoms with Crippen molar-refractivity contribution in [3.63, 3.8) is 0 Å². The van der Waals surface area contributed by atoms with E-state index in [0.29, 0.717) is 11.1 Å². The van der Waals surface area contributed by atoms with Gasteiger partial charge in [0.2, 0.25) is 0 Å². The molecule has 0 N–H and O–H groups in total.